The van der Waals surface area contributed by atoms with Crippen LogP contribution in [0.3, 0.4) is 0 Å². The summed E-state index contributed by atoms with van der Waals surface area (Å²) in [6.07, 6.45) is -0.594. The second-order valence-corrected chi connectivity index (χ2v) is 3.29. The van der Waals surface area contributed by atoms with Crippen molar-refractivity contribution in [2.24, 2.45) is 5.73 Å². The van der Waals surface area contributed by atoms with Crippen molar-refractivity contribution in [1.29, 1.82) is 0 Å². The Morgan fingerprint density at radius 2 is 2.06 bits per heavy atom. The lowest BCUT2D eigenvalue weighted by molar-refractivity contribution is -0.138. The maximum absolute atomic E-state index is 13.1. The standard InChI is InChI=1S/C10H10F2N2O3/c11-5-2-1-3-7(9(5)12)14-10(17)6(13)4-8(15)16/h1-3,6H,4,13H2,(H,14,17)(H,15,16). The molecular weight excluding hydrogens is 234 g/mol. The molecule has 0 aliphatic carbocycles. The zero-order valence-corrected chi connectivity index (χ0v) is 8.61. The second kappa shape index (κ2) is 5.35. The van der Waals surface area contributed by atoms with Crippen molar-refractivity contribution in [3.05, 3.63) is 29.8 Å². The number of amides is 1. The second-order valence-electron chi connectivity index (χ2n) is 3.29. The molecule has 92 valence electrons. The Labute approximate surface area is 95.2 Å². The summed E-state index contributed by atoms with van der Waals surface area (Å²) in [7, 11) is 0. The third kappa shape index (κ3) is 3.49. The number of hydrogen-bond donors (Lipinski definition) is 3. The summed E-state index contributed by atoms with van der Waals surface area (Å²) in [6, 6.07) is 1.91. The van der Waals surface area contributed by atoms with Gasteiger partial charge in [-0.25, -0.2) is 8.78 Å². The van der Waals surface area contributed by atoms with E-state index in [-0.39, 0.29) is 5.69 Å². The van der Waals surface area contributed by atoms with Crippen LogP contribution >= 0.6 is 0 Å². The number of nitrogens with two attached hydrogens (primary N) is 1. The van der Waals surface area contributed by atoms with Crippen molar-refractivity contribution in [3.8, 4) is 0 Å². The molecule has 7 heteroatoms. The average Bonchev–Trinajstić information content (AvgIpc) is 2.23. The average molecular weight is 244 g/mol. The predicted molar refractivity (Wildman–Crippen MR) is 55.2 cm³/mol. The summed E-state index contributed by atoms with van der Waals surface area (Å²) in [5.74, 6) is -4.48. The summed E-state index contributed by atoms with van der Waals surface area (Å²) >= 11 is 0. The predicted octanol–water partition coefficient (Wildman–Crippen LogP) is 0.705. The molecule has 0 fully saturated rings. The van der Waals surface area contributed by atoms with E-state index in [4.69, 9.17) is 10.8 Å². The maximum atomic E-state index is 13.1. The largest absolute Gasteiger partial charge is 0.481 e. The Hall–Kier alpha value is -2.02. The summed E-state index contributed by atoms with van der Waals surface area (Å²) in [6.45, 7) is 0. The van der Waals surface area contributed by atoms with Gasteiger partial charge in [0.2, 0.25) is 5.91 Å². The summed E-state index contributed by atoms with van der Waals surface area (Å²) in [4.78, 5) is 21.6. The first-order valence-electron chi connectivity index (χ1n) is 4.64. The minimum atomic E-state index is -1.32. The van der Waals surface area contributed by atoms with Crippen molar-refractivity contribution in [3.63, 3.8) is 0 Å². The van der Waals surface area contributed by atoms with E-state index in [2.05, 4.69) is 0 Å². The third-order valence-electron chi connectivity index (χ3n) is 1.94. The van der Waals surface area contributed by atoms with Gasteiger partial charge in [-0.2, -0.15) is 0 Å². The van der Waals surface area contributed by atoms with E-state index < -0.39 is 36.0 Å². The molecule has 1 aromatic carbocycles. The first kappa shape index (κ1) is 13.0. The van der Waals surface area contributed by atoms with Gasteiger partial charge in [0, 0.05) is 0 Å². The topological polar surface area (TPSA) is 92.4 Å². The summed E-state index contributed by atoms with van der Waals surface area (Å²) in [5.41, 5.74) is 4.87. The minimum absolute atomic E-state index is 0.379. The first-order chi connectivity index (χ1) is 7.91. The molecule has 0 aliphatic rings. The number of carbonyl (C=O) groups excluding carboxylic acids is 1. The molecule has 0 radical (unpaired) electrons. The van der Waals surface area contributed by atoms with E-state index in [1.807, 2.05) is 5.32 Å². The molecule has 0 saturated heterocycles. The van der Waals surface area contributed by atoms with Crippen molar-refractivity contribution >= 4 is 17.6 Å². The Morgan fingerprint density at radius 1 is 1.41 bits per heavy atom. The van der Waals surface area contributed by atoms with Crippen molar-refractivity contribution in [2.75, 3.05) is 5.32 Å². The van der Waals surface area contributed by atoms with Crippen LogP contribution < -0.4 is 11.1 Å². The van der Waals surface area contributed by atoms with E-state index in [0.29, 0.717) is 0 Å². The Morgan fingerprint density at radius 3 is 2.65 bits per heavy atom. The fourth-order valence-corrected chi connectivity index (χ4v) is 1.11. The molecule has 1 atom stereocenters. The quantitative estimate of drug-likeness (QED) is 0.727. The first-order valence-corrected chi connectivity index (χ1v) is 4.64. The fraction of sp³-hybridized carbons (Fsp3) is 0.200. The lowest BCUT2D eigenvalue weighted by Gasteiger charge is -2.10. The van der Waals surface area contributed by atoms with Gasteiger partial charge < -0.3 is 16.2 Å². The third-order valence-corrected chi connectivity index (χ3v) is 1.94. The molecule has 0 aliphatic heterocycles. The normalized spacial score (nSPS) is 11.9. The number of halogens is 2. The van der Waals surface area contributed by atoms with Crippen LogP contribution in [0.25, 0.3) is 0 Å². The molecule has 1 amide bonds. The highest BCUT2D eigenvalue weighted by Crippen LogP contribution is 2.16. The molecule has 0 aromatic heterocycles. The van der Waals surface area contributed by atoms with Gasteiger partial charge >= 0.3 is 5.97 Å². The molecule has 1 rings (SSSR count). The maximum Gasteiger partial charge on any atom is 0.305 e. The van der Waals surface area contributed by atoms with Crippen molar-refractivity contribution in [1.82, 2.24) is 0 Å². The van der Waals surface area contributed by atoms with Crippen LogP contribution in [0.1, 0.15) is 6.42 Å². The van der Waals surface area contributed by atoms with Crippen LogP contribution in [0.4, 0.5) is 14.5 Å². The van der Waals surface area contributed by atoms with Gasteiger partial charge in [-0.15, -0.1) is 0 Å². The number of aliphatic carboxylic acids is 1. The summed E-state index contributed by atoms with van der Waals surface area (Å²) in [5, 5.41) is 10.4. The molecule has 0 heterocycles. The van der Waals surface area contributed by atoms with Crippen molar-refractivity contribution < 1.29 is 23.5 Å². The van der Waals surface area contributed by atoms with Crippen molar-refractivity contribution in [2.45, 2.75) is 12.5 Å². The van der Waals surface area contributed by atoms with Crippen LogP contribution in [0.15, 0.2) is 18.2 Å². The number of nitrogens with one attached hydrogen (secondary N) is 1. The minimum Gasteiger partial charge on any atom is -0.481 e. The van der Waals surface area contributed by atoms with E-state index in [1.54, 1.807) is 0 Å². The summed E-state index contributed by atoms with van der Waals surface area (Å²) < 4.78 is 25.9. The van der Waals surface area contributed by atoms with Crippen LogP contribution in [-0.4, -0.2) is 23.0 Å². The van der Waals surface area contributed by atoms with E-state index in [1.165, 1.54) is 6.07 Å². The molecule has 4 N–H and O–H groups in total. The highest BCUT2D eigenvalue weighted by atomic mass is 19.2. The molecule has 0 spiro atoms. The lowest BCUT2D eigenvalue weighted by Crippen LogP contribution is -2.37. The number of anilines is 1. The van der Waals surface area contributed by atoms with E-state index in [9.17, 15) is 18.4 Å². The number of rotatable bonds is 4. The smallest absolute Gasteiger partial charge is 0.305 e. The van der Waals surface area contributed by atoms with E-state index >= 15 is 0 Å². The molecule has 17 heavy (non-hydrogen) atoms. The number of carboxylic acids is 1. The lowest BCUT2D eigenvalue weighted by atomic mass is 10.2. The monoisotopic (exact) mass is 244 g/mol. The highest BCUT2D eigenvalue weighted by Gasteiger charge is 2.19. The number of hydrogen-bond acceptors (Lipinski definition) is 3. The zero-order chi connectivity index (χ0) is 13.0. The van der Waals surface area contributed by atoms with Crippen LogP contribution in [0.5, 0.6) is 0 Å². The van der Waals surface area contributed by atoms with Gasteiger partial charge in [0.05, 0.1) is 18.2 Å². The van der Waals surface area contributed by atoms with Crippen LogP contribution in [-0.2, 0) is 9.59 Å². The van der Waals surface area contributed by atoms with Gasteiger partial charge in [-0.05, 0) is 12.1 Å². The Balaban J connectivity index is 2.74. The van der Waals surface area contributed by atoms with Gasteiger partial charge in [0.15, 0.2) is 11.6 Å². The Bertz CT molecular complexity index is 451. The molecule has 5 nitrogen and oxygen atoms in total. The highest BCUT2D eigenvalue weighted by molar-refractivity contribution is 5.96. The molecule has 1 unspecified atom stereocenters. The zero-order valence-electron chi connectivity index (χ0n) is 8.61. The Kier molecular flexibility index (Phi) is 4.11. The van der Waals surface area contributed by atoms with E-state index in [0.717, 1.165) is 12.1 Å². The molecule has 0 saturated carbocycles. The van der Waals surface area contributed by atoms with Gasteiger partial charge in [0.25, 0.3) is 0 Å². The van der Waals surface area contributed by atoms with Gasteiger partial charge in [-0.1, -0.05) is 6.07 Å². The number of benzene rings is 1. The molecular formula is C10H10F2N2O3. The SMILES string of the molecule is NC(CC(=O)O)C(=O)Nc1cccc(F)c1F. The van der Waals surface area contributed by atoms with Gasteiger partial charge in [-0.3, -0.25) is 9.59 Å². The van der Waals surface area contributed by atoms with Crippen LogP contribution in [0, 0.1) is 11.6 Å². The fourth-order valence-electron chi connectivity index (χ4n) is 1.11. The molecule has 0 bridgehead atoms. The number of carbonyl (C=O) groups is 2. The van der Waals surface area contributed by atoms with Gasteiger partial charge in [0.1, 0.15) is 0 Å². The number of carboxylic acid groups (broad SMARTS) is 1. The van der Waals surface area contributed by atoms with Crippen LogP contribution in [0.2, 0.25) is 0 Å². The molecule has 1 aromatic rings.